The maximum Gasteiger partial charge on any atom is 0.237 e. The molecule has 196 valence electrons. The van der Waals surface area contributed by atoms with Crippen LogP contribution in [0, 0.1) is 0 Å². The van der Waals surface area contributed by atoms with Crippen LogP contribution >= 0.6 is 0 Å². The van der Waals surface area contributed by atoms with Gasteiger partial charge in [0.05, 0.1) is 23.3 Å². The van der Waals surface area contributed by atoms with Crippen molar-refractivity contribution >= 4 is 11.7 Å². The minimum absolute atomic E-state index is 0.0242. The largest absolute Gasteiger partial charge is 0.345 e. The van der Waals surface area contributed by atoms with E-state index < -0.39 is 23.3 Å². The van der Waals surface area contributed by atoms with E-state index in [1.165, 1.54) is 0 Å². The van der Waals surface area contributed by atoms with Gasteiger partial charge in [-0.2, -0.15) is 0 Å². The van der Waals surface area contributed by atoms with Gasteiger partial charge < -0.3 is 33.2 Å². The van der Waals surface area contributed by atoms with Crippen molar-refractivity contribution in [2.24, 2.45) is 17.2 Å². The Hall–Kier alpha value is -1.10. The lowest BCUT2D eigenvalue weighted by Crippen LogP contribution is -2.63. The molecule has 0 saturated heterocycles. The Morgan fingerprint density at radius 2 is 1.39 bits per heavy atom. The molecule has 0 aromatic carbocycles. The van der Waals surface area contributed by atoms with E-state index in [-0.39, 0.29) is 11.7 Å². The molecule has 0 aliphatic rings. The van der Waals surface area contributed by atoms with Crippen LogP contribution in [0.4, 0.5) is 0 Å². The van der Waals surface area contributed by atoms with Crippen LogP contribution in [0.1, 0.15) is 85.5 Å². The van der Waals surface area contributed by atoms with E-state index in [2.05, 4.69) is 21.3 Å². The molecular formula is C24H53N7O2. The van der Waals surface area contributed by atoms with Crippen LogP contribution in [-0.2, 0) is 9.59 Å². The minimum atomic E-state index is -0.684. The number of carbonyl (C=O) groups excluding carboxylic acids is 2. The lowest BCUT2D eigenvalue weighted by atomic mass is 9.82. The second-order valence-corrected chi connectivity index (χ2v) is 9.02. The fourth-order valence-electron chi connectivity index (χ4n) is 4.12. The van der Waals surface area contributed by atoms with E-state index in [1.54, 1.807) is 0 Å². The summed E-state index contributed by atoms with van der Waals surface area (Å²) in [5, 5.41) is 13.0. The highest BCUT2D eigenvalue weighted by molar-refractivity contribution is 5.96. The van der Waals surface area contributed by atoms with Crippen LogP contribution in [0.5, 0.6) is 0 Å². The molecule has 2 unspecified atom stereocenters. The highest BCUT2D eigenvalue weighted by atomic mass is 16.2. The fourth-order valence-corrected chi connectivity index (χ4v) is 4.12. The Balaban J connectivity index is 5.71. The monoisotopic (exact) mass is 471 g/mol. The fraction of sp³-hybridized carbons (Fsp3) is 0.917. The predicted octanol–water partition coefficient (Wildman–Crippen LogP) is 0.709. The molecule has 10 N–H and O–H groups in total. The Kier molecular flexibility index (Phi) is 16.8. The van der Waals surface area contributed by atoms with Crippen LogP contribution in [0.3, 0.4) is 0 Å². The predicted molar refractivity (Wildman–Crippen MR) is 138 cm³/mol. The highest BCUT2D eigenvalue weighted by Gasteiger charge is 2.40. The molecule has 0 fully saturated rings. The molecule has 2 atom stereocenters. The molecule has 0 aromatic rings. The molecule has 33 heavy (non-hydrogen) atoms. The number of ketones is 1. The first kappa shape index (κ1) is 31.9. The molecule has 0 heterocycles. The van der Waals surface area contributed by atoms with Gasteiger partial charge in [-0.3, -0.25) is 14.9 Å². The summed E-state index contributed by atoms with van der Waals surface area (Å²) in [5.74, 6) is -0.161. The first-order chi connectivity index (χ1) is 15.7. The number of nitrogens with one attached hydrogen (secondary N) is 4. The lowest BCUT2D eigenvalue weighted by Gasteiger charge is -2.37. The maximum atomic E-state index is 13.7. The van der Waals surface area contributed by atoms with Crippen LogP contribution in [-0.4, -0.2) is 68.2 Å². The first-order valence-electron chi connectivity index (χ1n) is 12.9. The molecule has 0 rings (SSSR count). The van der Waals surface area contributed by atoms with Gasteiger partial charge >= 0.3 is 0 Å². The molecular weight excluding hydrogens is 418 g/mol. The molecule has 0 radical (unpaired) electrons. The van der Waals surface area contributed by atoms with Crippen molar-refractivity contribution in [3.05, 3.63) is 0 Å². The number of rotatable bonds is 21. The molecule has 1 amide bonds. The SMILES string of the molecule is CCC(N)(CC)NC(CCCCN)C(=O)NC(CCCN)C(=O)C(CC)(CC)NCCNC. The molecule has 0 aromatic heterocycles. The van der Waals surface area contributed by atoms with Crippen molar-refractivity contribution in [2.75, 3.05) is 33.2 Å². The van der Waals surface area contributed by atoms with Gasteiger partial charge in [-0.1, -0.05) is 34.1 Å². The van der Waals surface area contributed by atoms with E-state index in [1.807, 2.05) is 34.7 Å². The summed E-state index contributed by atoms with van der Waals surface area (Å²) in [6.45, 7) is 10.5. The number of likely N-dealkylation sites (N-methyl/N-ethyl adjacent to an activating group) is 1. The quantitative estimate of drug-likeness (QED) is 0.0951. The highest BCUT2D eigenvalue weighted by Crippen LogP contribution is 2.21. The molecule has 0 saturated carbocycles. The average Bonchev–Trinajstić information content (AvgIpc) is 2.83. The van der Waals surface area contributed by atoms with E-state index in [4.69, 9.17) is 17.2 Å². The second-order valence-electron chi connectivity index (χ2n) is 9.02. The van der Waals surface area contributed by atoms with Crippen molar-refractivity contribution < 1.29 is 9.59 Å². The van der Waals surface area contributed by atoms with E-state index in [0.717, 1.165) is 19.4 Å². The molecule has 9 nitrogen and oxygen atoms in total. The van der Waals surface area contributed by atoms with Gasteiger partial charge in [0.25, 0.3) is 0 Å². The van der Waals surface area contributed by atoms with Gasteiger partial charge in [0.2, 0.25) is 5.91 Å². The Morgan fingerprint density at radius 3 is 1.88 bits per heavy atom. The van der Waals surface area contributed by atoms with E-state index in [0.29, 0.717) is 64.6 Å². The summed E-state index contributed by atoms with van der Waals surface area (Å²) in [7, 11) is 1.88. The normalized spacial score (nSPS) is 14.2. The molecule has 0 spiro atoms. The molecule has 9 heteroatoms. The van der Waals surface area contributed by atoms with Crippen molar-refractivity contribution in [3.8, 4) is 0 Å². The topological polar surface area (TPSA) is 160 Å². The van der Waals surface area contributed by atoms with E-state index >= 15 is 0 Å². The summed E-state index contributed by atoms with van der Waals surface area (Å²) in [4.78, 5) is 27.2. The van der Waals surface area contributed by atoms with Gasteiger partial charge in [-0.25, -0.2) is 0 Å². The average molecular weight is 472 g/mol. The van der Waals surface area contributed by atoms with Crippen LogP contribution in [0.2, 0.25) is 0 Å². The zero-order valence-corrected chi connectivity index (χ0v) is 21.9. The number of carbonyl (C=O) groups is 2. The molecule has 0 aliphatic heterocycles. The number of nitrogens with two attached hydrogens (primary N) is 3. The van der Waals surface area contributed by atoms with Gasteiger partial charge in [0.1, 0.15) is 0 Å². The van der Waals surface area contributed by atoms with Gasteiger partial charge in [0, 0.05) is 13.1 Å². The number of hydrogen-bond donors (Lipinski definition) is 7. The van der Waals surface area contributed by atoms with Crippen molar-refractivity contribution in [1.82, 2.24) is 21.3 Å². The summed E-state index contributed by atoms with van der Waals surface area (Å²) in [6.07, 6.45) is 6.13. The van der Waals surface area contributed by atoms with Gasteiger partial charge in [-0.05, 0) is 71.5 Å². The Bertz CT molecular complexity index is 537. The minimum Gasteiger partial charge on any atom is -0.345 e. The third-order valence-electron chi connectivity index (χ3n) is 6.83. The maximum absolute atomic E-state index is 13.7. The number of amides is 1. The van der Waals surface area contributed by atoms with E-state index in [9.17, 15) is 9.59 Å². The lowest BCUT2D eigenvalue weighted by molar-refractivity contribution is -0.133. The van der Waals surface area contributed by atoms with Gasteiger partial charge in [-0.15, -0.1) is 0 Å². The second kappa shape index (κ2) is 17.4. The van der Waals surface area contributed by atoms with Crippen LogP contribution < -0.4 is 38.5 Å². The van der Waals surface area contributed by atoms with Crippen molar-refractivity contribution in [1.29, 1.82) is 0 Å². The smallest absolute Gasteiger partial charge is 0.237 e. The van der Waals surface area contributed by atoms with Crippen molar-refractivity contribution in [2.45, 2.75) is 109 Å². The third kappa shape index (κ3) is 10.8. The summed E-state index contributed by atoms with van der Waals surface area (Å²) < 4.78 is 0. The van der Waals surface area contributed by atoms with Crippen LogP contribution in [0.25, 0.3) is 0 Å². The summed E-state index contributed by atoms with van der Waals surface area (Å²) >= 11 is 0. The number of hydrogen-bond acceptors (Lipinski definition) is 8. The third-order valence-corrected chi connectivity index (χ3v) is 6.83. The molecule has 0 aliphatic carbocycles. The number of unbranched alkanes of at least 4 members (excludes halogenated alkanes) is 1. The van der Waals surface area contributed by atoms with Crippen molar-refractivity contribution in [3.63, 3.8) is 0 Å². The zero-order chi connectivity index (χ0) is 25.3. The summed E-state index contributed by atoms with van der Waals surface area (Å²) in [6, 6.07) is -1.08. The summed E-state index contributed by atoms with van der Waals surface area (Å²) in [5.41, 5.74) is 16.6. The Labute approximate surface area is 202 Å². The standard InChI is InChI=1S/C24H53N7O2/c1-6-23(7-2,29-18-17-28-5)21(32)19(14-12-16-26)30-22(33)20(13-10-11-15-25)31-24(27,8-3)9-4/h19-20,28-29,31H,6-18,25-27H2,1-5H3,(H,30,33). The Morgan fingerprint density at radius 1 is 0.818 bits per heavy atom. The zero-order valence-electron chi connectivity index (χ0n) is 21.9. The van der Waals surface area contributed by atoms with Gasteiger partial charge in [0.15, 0.2) is 5.78 Å². The van der Waals surface area contributed by atoms with Crippen LogP contribution in [0.15, 0.2) is 0 Å². The number of Topliss-reactive ketones (excluding diaryl/α,β-unsaturated/α-hetero) is 1. The first-order valence-corrected chi connectivity index (χ1v) is 12.9. The molecule has 0 bridgehead atoms.